The smallest absolute Gasteiger partial charge is 0.197 e. The zero-order valence-corrected chi connectivity index (χ0v) is 17.5. The molecule has 1 aliphatic rings. The molecule has 142 valence electrons. The molecule has 0 aliphatic heterocycles. The van der Waals surface area contributed by atoms with E-state index in [9.17, 15) is 14.4 Å². The van der Waals surface area contributed by atoms with E-state index in [1.165, 1.54) is 6.92 Å². The van der Waals surface area contributed by atoms with Crippen molar-refractivity contribution in [3.63, 3.8) is 0 Å². The third kappa shape index (κ3) is 3.10. The highest BCUT2D eigenvalue weighted by atomic mass is 79.9. The Morgan fingerprint density at radius 1 is 0.793 bits per heavy atom. The number of carbonyl (C=O) groups excluding carboxylic acids is 3. The lowest BCUT2D eigenvalue weighted by atomic mass is 9.76. The number of fused-ring (bicyclic) bond motifs is 2. The van der Waals surface area contributed by atoms with Crippen molar-refractivity contribution in [2.75, 3.05) is 0 Å². The predicted molar refractivity (Wildman–Crippen MR) is 116 cm³/mol. The number of halogens is 1. The third-order valence-corrected chi connectivity index (χ3v) is 5.81. The van der Waals surface area contributed by atoms with Gasteiger partial charge in [0.25, 0.3) is 0 Å². The summed E-state index contributed by atoms with van der Waals surface area (Å²) in [5, 5.41) is 0. The Labute approximate surface area is 177 Å². The molecule has 3 aromatic carbocycles. The van der Waals surface area contributed by atoms with Crippen LogP contribution in [0.5, 0.6) is 0 Å². The van der Waals surface area contributed by atoms with Gasteiger partial charge < -0.3 is 0 Å². The Kier molecular flexibility index (Phi) is 4.89. The number of hydrogen-bond acceptors (Lipinski definition) is 3. The Bertz CT molecular complexity index is 1220. The van der Waals surface area contributed by atoms with Gasteiger partial charge in [-0.3, -0.25) is 14.4 Å². The Hall–Kier alpha value is -3.11. The molecule has 1 aliphatic carbocycles. The molecule has 0 saturated heterocycles. The molecule has 0 N–H and O–H groups in total. The monoisotopic (exact) mass is 444 g/mol. The van der Waals surface area contributed by atoms with Crippen LogP contribution < -0.4 is 0 Å². The quantitative estimate of drug-likeness (QED) is 0.179. The van der Waals surface area contributed by atoms with Crippen molar-refractivity contribution in [2.45, 2.75) is 13.8 Å². The van der Waals surface area contributed by atoms with Gasteiger partial charge in [0.15, 0.2) is 17.3 Å². The van der Waals surface area contributed by atoms with Crippen molar-refractivity contribution in [3.8, 4) is 0 Å². The highest BCUT2D eigenvalue weighted by molar-refractivity contribution is 9.10. The van der Waals surface area contributed by atoms with Crippen LogP contribution in [-0.4, -0.2) is 17.3 Å². The van der Waals surface area contributed by atoms with E-state index in [4.69, 9.17) is 0 Å². The first kappa shape index (κ1) is 19.2. The van der Waals surface area contributed by atoms with Gasteiger partial charge in [-0.25, -0.2) is 0 Å². The van der Waals surface area contributed by atoms with E-state index >= 15 is 0 Å². The van der Waals surface area contributed by atoms with Crippen LogP contribution in [0.1, 0.15) is 49.9 Å². The SMILES string of the molecule is CC(=O)/C(C(=O)c1ccccc1)=C1/c2ccccc2C(=O)c2c(Br)ccc(C)c21. The minimum absolute atomic E-state index is 0.0959. The van der Waals surface area contributed by atoms with Crippen molar-refractivity contribution in [1.82, 2.24) is 0 Å². The summed E-state index contributed by atoms with van der Waals surface area (Å²) in [6.07, 6.45) is 0. The number of carbonyl (C=O) groups is 3. The van der Waals surface area contributed by atoms with Crippen LogP contribution in [0.25, 0.3) is 5.57 Å². The van der Waals surface area contributed by atoms with Gasteiger partial charge in [0.05, 0.1) is 5.57 Å². The summed E-state index contributed by atoms with van der Waals surface area (Å²) in [6.45, 7) is 3.28. The van der Waals surface area contributed by atoms with E-state index in [-0.39, 0.29) is 22.9 Å². The molecule has 3 nitrogen and oxygen atoms in total. The van der Waals surface area contributed by atoms with Crippen molar-refractivity contribution < 1.29 is 14.4 Å². The Morgan fingerprint density at radius 3 is 2.07 bits per heavy atom. The summed E-state index contributed by atoms with van der Waals surface area (Å²) < 4.78 is 0.644. The lowest BCUT2D eigenvalue weighted by Crippen LogP contribution is -2.21. The lowest BCUT2D eigenvalue weighted by Gasteiger charge is -2.26. The molecule has 4 heteroatoms. The maximum atomic E-state index is 13.4. The van der Waals surface area contributed by atoms with Crippen LogP contribution in [0.15, 0.2) is 76.8 Å². The van der Waals surface area contributed by atoms with Crippen molar-refractivity contribution >= 4 is 38.9 Å². The maximum Gasteiger partial charge on any atom is 0.197 e. The lowest BCUT2D eigenvalue weighted by molar-refractivity contribution is -0.113. The molecule has 4 rings (SSSR count). The summed E-state index contributed by atoms with van der Waals surface area (Å²) >= 11 is 3.49. The van der Waals surface area contributed by atoms with Gasteiger partial charge in [-0.05, 0) is 36.6 Å². The van der Waals surface area contributed by atoms with Gasteiger partial charge in [0.1, 0.15) is 0 Å². The Balaban J connectivity index is 2.16. The summed E-state index contributed by atoms with van der Waals surface area (Å²) in [7, 11) is 0. The zero-order chi connectivity index (χ0) is 20.7. The number of benzene rings is 3. The first-order chi connectivity index (χ1) is 13.9. The largest absolute Gasteiger partial charge is 0.294 e. The standard InChI is InChI=1S/C25H17BrO3/c1-14-12-13-19(26)23-20(14)22(17-10-6-7-11-18(17)25(23)29)21(15(2)27)24(28)16-8-4-3-5-9-16/h3-13H,1-2H3/b22-21+. The molecule has 29 heavy (non-hydrogen) atoms. The fourth-order valence-corrected chi connectivity index (χ4v) is 4.35. The van der Waals surface area contributed by atoms with Crippen LogP contribution in [0.2, 0.25) is 0 Å². The van der Waals surface area contributed by atoms with Gasteiger partial charge in [-0.2, -0.15) is 0 Å². The molecule has 0 bridgehead atoms. The van der Waals surface area contributed by atoms with E-state index in [0.29, 0.717) is 37.9 Å². The molecule has 0 fully saturated rings. The first-order valence-corrected chi connectivity index (χ1v) is 9.99. The topological polar surface area (TPSA) is 51.2 Å². The molecule has 0 unspecified atom stereocenters. The van der Waals surface area contributed by atoms with Gasteiger partial charge in [-0.15, -0.1) is 0 Å². The van der Waals surface area contributed by atoms with E-state index < -0.39 is 0 Å². The molecule has 0 atom stereocenters. The molecule has 3 aromatic rings. The summed E-state index contributed by atoms with van der Waals surface area (Å²) in [6, 6.07) is 19.6. The second kappa shape index (κ2) is 7.37. The summed E-state index contributed by atoms with van der Waals surface area (Å²) in [5.41, 5.74) is 4.11. The number of rotatable bonds is 3. The minimum atomic E-state index is -0.345. The maximum absolute atomic E-state index is 13.4. The predicted octanol–water partition coefficient (Wildman–Crippen LogP) is 5.58. The second-order valence-electron chi connectivity index (χ2n) is 6.99. The van der Waals surface area contributed by atoms with E-state index in [2.05, 4.69) is 15.9 Å². The van der Waals surface area contributed by atoms with E-state index in [1.807, 2.05) is 31.2 Å². The fraction of sp³-hybridized carbons (Fsp3) is 0.0800. The number of allylic oxidation sites excluding steroid dienone is 1. The summed E-state index contributed by atoms with van der Waals surface area (Å²) in [5.74, 6) is -0.795. The molecule has 0 spiro atoms. The van der Waals surface area contributed by atoms with Crippen molar-refractivity contribution in [3.05, 3.63) is 110 Å². The van der Waals surface area contributed by atoms with Crippen LogP contribution in [0.4, 0.5) is 0 Å². The highest BCUT2D eigenvalue weighted by Gasteiger charge is 2.34. The van der Waals surface area contributed by atoms with Crippen molar-refractivity contribution in [2.24, 2.45) is 0 Å². The van der Waals surface area contributed by atoms with Gasteiger partial charge in [0.2, 0.25) is 0 Å². The molecule has 0 heterocycles. The Morgan fingerprint density at radius 2 is 1.41 bits per heavy atom. The molecule has 0 radical (unpaired) electrons. The number of Topliss-reactive ketones (excluding diaryl/α,β-unsaturated/α-hetero) is 2. The van der Waals surface area contributed by atoms with E-state index in [0.717, 1.165) is 5.56 Å². The minimum Gasteiger partial charge on any atom is -0.294 e. The van der Waals surface area contributed by atoms with Gasteiger partial charge >= 0.3 is 0 Å². The van der Waals surface area contributed by atoms with E-state index in [1.54, 1.807) is 42.5 Å². The van der Waals surface area contributed by atoms with Gasteiger partial charge in [-0.1, -0.05) is 76.6 Å². The zero-order valence-electron chi connectivity index (χ0n) is 16.0. The molecule has 0 amide bonds. The highest BCUT2D eigenvalue weighted by Crippen LogP contribution is 2.42. The molecule has 0 saturated carbocycles. The first-order valence-electron chi connectivity index (χ1n) is 9.20. The third-order valence-electron chi connectivity index (χ3n) is 5.15. The fourth-order valence-electron chi connectivity index (χ4n) is 3.84. The van der Waals surface area contributed by atoms with Gasteiger partial charge in [0, 0.05) is 26.7 Å². The number of aryl methyl sites for hydroxylation is 1. The summed E-state index contributed by atoms with van der Waals surface area (Å²) in [4.78, 5) is 39.4. The molecular formula is C25H17BrO3. The average Bonchev–Trinajstić information content (AvgIpc) is 2.73. The average molecular weight is 445 g/mol. The second-order valence-corrected chi connectivity index (χ2v) is 7.84. The molecular weight excluding hydrogens is 428 g/mol. The van der Waals surface area contributed by atoms with Crippen molar-refractivity contribution in [1.29, 1.82) is 0 Å². The van der Waals surface area contributed by atoms with Crippen LogP contribution in [0, 0.1) is 6.92 Å². The number of ketones is 3. The number of hydrogen-bond donors (Lipinski definition) is 0. The molecule has 0 aromatic heterocycles. The van der Waals surface area contributed by atoms with Crippen LogP contribution in [-0.2, 0) is 4.79 Å². The van der Waals surface area contributed by atoms with Crippen LogP contribution >= 0.6 is 15.9 Å². The normalized spacial score (nSPS) is 14.1. The van der Waals surface area contributed by atoms with Crippen LogP contribution in [0.3, 0.4) is 0 Å².